The number of nitrogens with zero attached hydrogens (tertiary/aromatic N) is 2. The minimum atomic E-state index is 0. The van der Waals surface area contributed by atoms with Gasteiger partial charge in [-0.05, 0) is 52.1 Å². The van der Waals surface area contributed by atoms with Gasteiger partial charge in [-0.15, -0.1) is 24.0 Å². The fourth-order valence-electron chi connectivity index (χ4n) is 2.56. The van der Waals surface area contributed by atoms with E-state index in [4.69, 9.17) is 0 Å². The highest BCUT2D eigenvalue weighted by molar-refractivity contribution is 14.0. The van der Waals surface area contributed by atoms with Gasteiger partial charge in [-0.2, -0.15) is 0 Å². The van der Waals surface area contributed by atoms with E-state index in [1.165, 1.54) is 51.6 Å². The second kappa shape index (κ2) is 9.00. The molecule has 0 aromatic heterocycles. The molecule has 112 valence electrons. The van der Waals surface area contributed by atoms with Crippen LogP contribution in [0.3, 0.4) is 0 Å². The second-order valence-corrected chi connectivity index (χ2v) is 5.65. The Kier molecular flexibility index (Phi) is 8.06. The largest absolute Gasteiger partial charge is 0.356 e. The molecule has 1 aliphatic carbocycles. The van der Waals surface area contributed by atoms with Crippen molar-refractivity contribution in [2.45, 2.75) is 57.5 Å². The van der Waals surface area contributed by atoms with Crippen molar-refractivity contribution in [3.8, 4) is 0 Å². The average molecular weight is 380 g/mol. The number of aliphatic imine (C=N–C) groups is 1. The van der Waals surface area contributed by atoms with Crippen LogP contribution in [0.4, 0.5) is 0 Å². The van der Waals surface area contributed by atoms with Crippen molar-refractivity contribution in [2.24, 2.45) is 4.99 Å². The summed E-state index contributed by atoms with van der Waals surface area (Å²) in [4.78, 5) is 6.89. The maximum Gasteiger partial charge on any atom is 0.191 e. The van der Waals surface area contributed by atoms with Crippen LogP contribution in [-0.2, 0) is 0 Å². The maximum absolute atomic E-state index is 4.26. The zero-order valence-corrected chi connectivity index (χ0v) is 14.7. The maximum atomic E-state index is 4.26. The molecule has 0 amide bonds. The number of guanidine groups is 1. The van der Waals surface area contributed by atoms with Gasteiger partial charge in [0.25, 0.3) is 0 Å². The Morgan fingerprint density at radius 1 is 1.26 bits per heavy atom. The highest BCUT2D eigenvalue weighted by atomic mass is 127. The first-order chi connectivity index (χ1) is 8.79. The van der Waals surface area contributed by atoms with Crippen LogP contribution < -0.4 is 10.6 Å². The van der Waals surface area contributed by atoms with Gasteiger partial charge in [-0.25, -0.2) is 0 Å². The number of nitrogens with one attached hydrogen (secondary N) is 2. The quantitative estimate of drug-likeness (QED) is 0.437. The Balaban J connectivity index is 0.00000180. The first-order valence-electron chi connectivity index (χ1n) is 7.51. The lowest BCUT2D eigenvalue weighted by molar-refractivity contribution is 0.167. The smallest absolute Gasteiger partial charge is 0.191 e. The van der Waals surface area contributed by atoms with Crippen LogP contribution >= 0.6 is 24.0 Å². The number of halogens is 1. The van der Waals surface area contributed by atoms with Gasteiger partial charge in [-0.1, -0.05) is 6.42 Å². The fourth-order valence-corrected chi connectivity index (χ4v) is 2.56. The molecular formula is C14H29IN4. The van der Waals surface area contributed by atoms with E-state index in [-0.39, 0.29) is 24.0 Å². The normalized spacial score (nSPS) is 22.5. The highest BCUT2D eigenvalue weighted by Crippen LogP contribution is 2.18. The van der Waals surface area contributed by atoms with Gasteiger partial charge in [-0.3, -0.25) is 4.99 Å². The summed E-state index contributed by atoms with van der Waals surface area (Å²) in [5.74, 6) is 0.975. The molecule has 1 saturated carbocycles. The average Bonchev–Trinajstić information content (AvgIpc) is 3.22. The minimum Gasteiger partial charge on any atom is -0.356 e. The van der Waals surface area contributed by atoms with Crippen LogP contribution in [0, 0.1) is 0 Å². The molecule has 19 heavy (non-hydrogen) atoms. The van der Waals surface area contributed by atoms with E-state index in [0.717, 1.165) is 12.5 Å². The van der Waals surface area contributed by atoms with E-state index in [1.54, 1.807) is 0 Å². The highest BCUT2D eigenvalue weighted by Gasteiger charge is 2.22. The molecule has 0 spiro atoms. The van der Waals surface area contributed by atoms with E-state index in [2.05, 4.69) is 27.4 Å². The lowest BCUT2D eigenvalue weighted by Crippen LogP contribution is -2.42. The molecule has 0 radical (unpaired) electrons. The van der Waals surface area contributed by atoms with Crippen molar-refractivity contribution in [1.82, 2.24) is 15.5 Å². The van der Waals surface area contributed by atoms with Crippen LogP contribution in [0.15, 0.2) is 4.99 Å². The molecule has 2 aliphatic rings. The van der Waals surface area contributed by atoms with Crippen molar-refractivity contribution in [1.29, 1.82) is 0 Å². The van der Waals surface area contributed by atoms with Crippen LogP contribution in [-0.4, -0.2) is 49.6 Å². The van der Waals surface area contributed by atoms with Crippen molar-refractivity contribution < 1.29 is 0 Å². The Morgan fingerprint density at radius 2 is 1.95 bits per heavy atom. The van der Waals surface area contributed by atoms with Crippen LogP contribution in [0.5, 0.6) is 0 Å². The SMILES string of the molecule is CN=C(NCCC(C)N1CCCCC1)NC1CC1.I. The Hall–Kier alpha value is -0.0400. The third kappa shape index (κ3) is 6.29. The molecule has 2 N–H and O–H groups in total. The second-order valence-electron chi connectivity index (χ2n) is 5.65. The van der Waals surface area contributed by atoms with Crippen LogP contribution in [0.2, 0.25) is 0 Å². The molecular weight excluding hydrogens is 351 g/mol. The molecule has 1 aliphatic heterocycles. The lowest BCUT2D eigenvalue weighted by Gasteiger charge is -2.32. The molecule has 1 unspecified atom stereocenters. The summed E-state index contributed by atoms with van der Waals surface area (Å²) in [6.07, 6.45) is 7.96. The number of likely N-dealkylation sites (tertiary alicyclic amines) is 1. The minimum absolute atomic E-state index is 0. The van der Waals surface area contributed by atoms with Gasteiger partial charge >= 0.3 is 0 Å². The predicted octanol–water partition coefficient (Wildman–Crippen LogP) is 2.20. The van der Waals surface area contributed by atoms with E-state index in [9.17, 15) is 0 Å². The predicted molar refractivity (Wildman–Crippen MR) is 92.4 cm³/mol. The standard InChI is InChI=1S/C14H28N4.HI/c1-12(18-10-4-3-5-11-18)8-9-16-14(15-2)17-13-6-7-13;/h12-13H,3-11H2,1-2H3,(H2,15,16,17);1H. The van der Waals surface area contributed by atoms with Gasteiger partial charge in [0.15, 0.2) is 5.96 Å². The zero-order valence-electron chi connectivity index (χ0n) is 12.3. The first-order valence-corrected chi connectivity index (χ1v) is 7.51. The van der Waals surface area contributed by atoms with Gasteiger partial charge in [0, 0.05) is 25.7 Å². The van der Waals surface area contributed by atoms with Gasteiger partial charge < -0.3 is 15.5 Å². The van der Waals surface area contributed by atoms with E-state index in [0.29, 0.717) is 12.1 Å². The van der Waals surface area contributed by atoms with Crippen LogP contribution in [0.25, 0.3) is 0 Å². The van der Waals surface area contributed by atoms with Crippen LogP contribution in [0.1, 0.15) is 45.4 Å². The van der Waals surface area contributed by atoms with Gasteiger partial charge in [0.2, 0.25) is 0 Å². The lowest BCUT2D eigenvalue weighted by atomic mass is 10.1. The number of hydrogen-bond acceptors (Lipinski definition) is 2. The van der Waals surface area contributed by atoms with E-state index < -0.39 is 0 Å². The topological polar surface area (TPSA) is 39.7 Å². The summed E-state index contributed by atoms with van der Waals surface area (Å²) >= 11 is 0. The van der Waals surface area contributed by atoms with E-state index >= 15 is 0 Å². The number of hydrogen-bond donors (Lipinski definition) is 2. The van der Waals surface area contributed by atoms with Gasteiger partial charge in [0.05, 0.1) is 0 Å². The molecule has 0 aromatic rings. The third-order valence-corrected chi connectivity index (χ3v) is 4.01. The van der Waals surface area contributed by atoms with E-state index in [1.807, 2.05) is 7.05 Å². The van der Waals surface area contributed by atoms with Crippen molar-refractivity contribution in [3.05, 3.63) is 0 Å². The fraction of sp³-hybridized carbons (Fsp3) is 0.929. The summed E-state index contributed by atoms with van der Waals surface area (Å²) in [5.41, 5.74) is 0. The summed E-state index contributed by atoms with van der Waals surface area (Å²) < 4.78 is 0. The summed E-state index contributed by atoms with van der Waals surface area (Å²) in [7, 11) is 1.85. The molecule has 1 atom stereocenters. The number of rotatable bonds is 5. The zero-order chi connectivity index (χ0) is 12.8. The molecule has 0 aromatic carbocycles. The molecule has 2 rings (SSSR count). The summed E-state index contributed by atoms with van der Waals surface area (Å²) in [6, 6.07) is 1.37. The third-order valence-electron chi connectivity index (χ3n) is 4.01. The molecule has 5 heteroatoms. The van der Waals surface area contributed by atoms with Gasteiger partial charge in [0.1, 0.15) is 0 Å². The van der Waals surface area contributed by atoms with Crippen molar-refractivity contribution in [2.75, 3.05) is 26.7 Å². The Bertz CT molecular complexity index is 273. The molecule has 1 heterocycles. The monoisotopic (exact) mass is 380 g/mol. The molecule has 0 bridgehead atoms. The first kappa shape index (κ1) is 17.0. The Labute approximate surface area is 134 Å². The summed E-state index contributed by atoms with van der Waals surface area (Å²) in [6.45, 7) is 5.95. The Morgan fingerprint density at radius 3 is 2.53 bits per heavy atom. The van der Waals surface area contributed by atoms with Crippen molar-refractivity contribution in [3.63, 3.8) is 0 Å². The summed E-state index contributed by atoms with van der Waals surface area (Å²) in [5, 5.41) is 6.84. The molecule has 4 nitrogen and oxygen atoms in total. The number of piperidine rings is 1. The van der Waals surface area contributed by atoms with Crippen molar-refractivity contribution >= 4 is 29.9 Å². The molecule has 2 fully saturated rings. The molecule has 1 saturated heterocycles.